The lowest BCUT2D eigenvalue weighted by Gasteiger charge is -2.30. The van der Waals surface area contributed by atoms with Gasteiger partial charge in [-0.15, -0.1) is 0 Å². The van der Waals surface area contributed by atoms with Gasteiger partial charge in [-0.2, -0.15) is 0 Å². The Morgan fingerprint density at radius 1 is 0.611 bits per heavy atom. The van der Waals surface area contributed by atoms with Crippen LogP contribution >= 0.6 is 0 Å². The molecule has 10 nitrogen and oxygen atoms in total. The zero-order valence-corrected chi connectivity index (χ0v) is 23.7. The van der Waals surface area contributed by atoms with Crippen molar-refractivity contribution in [2.75, 3.05) is 13.1 Å². The maximum absolute atomic E-state index is 12.4. The summed E-state index contributed by atoms with van der Waals surface area (Å²) in [5, 5.41) is 25.3. The highest BCUT2D eigenvalue weighted by molar-refractivity contribution is 5.91. The lowest BCUT2D eigenvalue weighted by molar-refractivity contribution is -0.163. The summed E-state index contributed by atoms with van der Waals surface area (Å²) in [4.78, 5) is 49.1. The maximum atomic E-state index is 12.4. The molecule has 0 heterocycles. The molecule has 0 aliphatic heterocycles. The van der Waals surface area contributed by atoms with Gasteiger partial charge in [0.25, 0.3) is 11.8 Å². The number of ether oxygens (including phenoxy) is 2. The molecular formula is C26H48N2O8. The van der Waals surface area contributed by atoms with Crippen molar-refractivity contribution in [1.29, 1.82) is 0 Å². The number of Topliss-reactive ketones (excluding diaryl/α,β-unsaturated/α-hetero) is 2. The van der Waals surface area contributed by atoms with Crippen molar-refractivity contribution in [3.8, 4) is 0 Å². The van der Waals surface area contributed by atoms with Gasteiger partial charge in [-0.05, 0) is 82.1 Å². The molecule has 0 aromatic heterocycles. The standard InChI is InChI=1S/C26H48N2O8/c1-17(19(29)23(3,4)33)35-25(7,8)21(31)27-15-13-11-12-14-16-28-22(32)26(9,10)36-18(2)20(30)24(5,6)34/h17-18,33-34H,11-16H2,1-10H3,(H,27,31)(H,28,32). The molecule has 2 atom stereocenters. The summed E-state index contributed by atoms with van der Waals surface area (Å²) in [5.41, 5.74) is -5.53. The Kier molecular flexibility index (Phi) is 12.9. The van der Waals surface area contributed by atoms with E-state index in [1.807, 2.05) is 0 Å². The van der Waals surface area contributed by atoms with Crippen molar-refractivity contribution in [3.63, 3.8) is 0 Å². The van der Waals surface area contributed by atoms with Crippen LogP contribution in [0.5, 0.6) is 0 Å². The second-order valence-corrected chi connectivity index (χ2v) is 11.3. The average Bonchev–Trinajstić information content (AvgIpc) is 2.71. The van der Waals surface area contributed by atoms with Crippen LogP contribution in [-0.2, 0) is 28.7 Å². The number of carbonyl (C=O) groups excluding carboxylic acids is 4. The van der Waals surface area contributed by atoms with E-state index in [0.717, 1.165) is 25.7 Å². The number of aliphatic hydroxyl groups is 2. The van der Waals surface area contributed by atoms with Crippen LogP contribution in [0.1, 0.15) is 94.9 Å². The lowest BCUT2D eigenvalue weighted by atomic mass is 9.99. The highest BCUT2D eigenvalue weighted by Crippen LogP contribution is 2.18. The van der Waals surface area contributed by atoms with Crippen LogP contribution in [-0.4, -0.2) is 81.3 Å². The molecule has 2 amide bonds. The first-order valence-electron chi connectivity index (χ1n) is 12.6. The molecule has 0 fully saturated rings. The maximum Gasteiger partial charge on any atom is 0.251 e. The van der Waals surface area contributed by atoms with E-state index >= 15 is 0 Å². The van der Waals surface area contributed by atoms with E-state index in [-0.39, 0.29) is 11.8 Å². The fraction of sp³-hybridized carbons (Fsp3) is 0.846. The van der Waals surface area contributed by atoms with E-state index < -0.39 is 46.2 Å². The molecule has 0 aromatic carbocycles. The molecule has 2 unspecified atom stereocenters. The molecule has 0 radical (unpaired) electrons. The molecule has 10 heteroatoms. The van der Waals surface area contributed by atoms with Gasteiger partial charge in [0.15, 0.2) is 11.6 Å². The Balaban J connectivity index is 4.25. The molecule has 0 spiro atoms. The van der Waals surface area contributed by atoms with E-state index in [1.165, 1.54) is 41.5 Å². The van der Waals surface area contributed by atoms with Crippen LogP contribution < -0.4 is 10.6 Å². The molecular weight excluding hydrogens is 468 g/mol. The van der Waals surface area contributed by atoms with Crippen molar-refractivity contribution < 1.29 is 38.9 Å². The molecule has 36 heavy (non-hydrogen) atoms. The minimum Gasteiger partial charge on any atom is -0.383 e. The fourth-order valence-electron chi connectivity index (χ4n) is 3.53. The molecule has 4 N–H and O–H groups in total. The SMILES string of the molecule is CC(OC(C)(C)C(=O)NCCCCCCNC(=O)C(C)(C)OC(C)C(=O)C(C)(C)O)C(=O)C(C)(C)O. The van der Waals surface area contributed by atoms with Gasteiger partial charge in [0, 0.05) is 13.1 Å². The van der Waals surface area contributed by atoms with Crippen molar-refractivity contribution in [1.82, 2.24) is 10.6 Å². The van der Waals surface area contributed by atoms with Gasteiger partial charge >= 0.3 is 0 Å². The molecule has 0 aliphatic rings. The van der Waals surface area contributed by atoms with E-state index in [0.29, 0.717) is 13.1 Å². The van der Waals surface area contributed by atoms with Crippen molar-refractivity contribution >= 4 is 23.4 Å². The lowest BCUT2D eigenvalue weighted by Crippen LogP contribution is -2.50. The van der Waals surface area contributed by atoms with Crippen LogP contribution in [0.2, 0.25) is 0 Å². The van der Waals surface area contributed by atoms with E-state index in [9.17, 15) is 29.4 Å². The summed E-state index contributed by atoms with van der Waals surface area (Å²) in [5.74, 6) is -1.68. The van der Waals surface area contributed by atoms with Gasteiger partial charge in [-0.1, -0.05) is 12.8 Å². The van der Waals surface area contributed by atoms with Crippen LogP contribution in [0.15, 0.2) is 0 Å². The Hall–Kier alpha value is -1.88. The Morgan fingerprint density at radius 3 is 1.14 bits per heavy atom. The predicted molar refractivity (Wildman–Crippen MR) is 136 cm³/mol. The van der Waals surface area contributed by atoms with Crippen molar-refractivity contribution in [3.05, 3.63) is 0 Å². The first-order valence-corrected chi connectivity index (χ1v) is 12.6. The van der Waals surface area contributed by atoms with Crippen LogP contribution in [0.3, 0.4) is 0 Å². The van der Waals surface area contributed by atoms with Crippen LogP contribution in [0.4, 0.5) is 0 Å². The van der Waals surface area contributed by atoms with Gasteiger partial charge in [0.1, 0.15) is 34.6 Å². The first kappa shape index (κ1) is 34.1. The Morgan fingerprint density at radius 2 is 0.889 bits per heavy atom. The summed E-state index contributed by atoms with van der Waals surface area (Å²) >= 11 is 0. The summed E-state index contributed by atoms with van der Waals surface area (Å²) in [6.45, 7) is 15.7. The second-order valence-electron chi connectivity index (χ2n) is 11.3. The largest absolute Gasteiger partial charge is 0.383 e. The van der Waals surface area contributed by atoms with E-state index in [1.54, 1.807) is 27.7 Å². The number of amides is 2. The van der Waals surface area contributed by atoms with Crippen molar-refractivity contribution in [2.45, 2.75) is 130 Å². The first-order chi connectivity index (χ1) is 16.1. The predicted octanol–water partition coefficient (Wildman–Crippen LogP) is 1.83. The minimum atomic E-state index is -1.54. The van der Waals surface area contributed by atoms with E-state index in [4.69, 9.17) is 9.47 Å². The van der Waals surface area contributed by atoms with Gasteiger partial charge in [-0.25, -0.2) is 0 Å². The number of carbonyl (C=O) groups is 4. The molecule has 0 saturated heterocycles. The molecule has 0 aliphatic carbocycles. The highest BCUT2D eigenvalue weighted by atomic mass is 16.5. The molecule has 0 aromatic rings. The number of hydrogen-bond acceptors (Lipinski definition) is 8. The van der Waals surface area contributed by atoms with E-state index in [2.05, 4.69) is 10.6 Å². The zero-order valence-electron chi connectivity index (χ0n) is 23.7. The fourth-order valence-corrected chi connectivity index (χ4v) is 3.53. The van der Waals surface area contributed by atoms with Gasteiger partial charge in [0.2, 0.25) is 0 Å². The quantitative estimate of drug-likeness (QED) is 0.214. The summed E-state index contributed by atoms with van der Waals surface area (Å²) in [7, 11) is 0. The van der Waals surface area contributed by atoms with Crippen LogP contribution in [0, 0.1) is 0 Å². The smallest absolute Gasteiger partial charge is 0.251 e. The van der Waals surface area contributed by atoms with Crippen molar-refractivity contribution in [2.24, 2.45) is 0 Å². The monoisotopic (exact) mass is 516 g/mol. The summed E-state index contributed by atoms with van der Waals surface area (Å²) in [6, 6.07) is 0. The second kappa shape index (κ2) is 13.6. The number of rotatable bonds is 17. The third-order valence-electron chi connectivity index (χ3n) is 5.66. The topological polar surface area (TPSA) is 151 Å². The number of nitrogens with one attached hydrogen (secondary N) is 2. The molecule has 0 bridgehead atoms. The highest BCUT2D eigenvalue weighted by Gasteiger charge is 2.38. The van der Waals surface area contributed by atoms with Gasteiger partial charge < -0.3 is 30.3 Å². The Bertz CT molecular complexity index is 699. The molecule has 0 saturated carbocycles. The number of hydrogen-bond donors (Lipinski definition) is 4. The molecule has 0 rings (SSSR count). The normalized spacial score (nSPS) is 14.7. The Labute approximate surface area is 215 Å². The minimum absolute atomic E-state index is 0.343. The third-order valence-corrected chi connectivity index (χ3v) is 5.66. The third kappa shape index (κ3) is 11.9. The summed E-state index contributed by atoms with van der Waals surface area (Å²) < 4.78 is 11.2. The summed E-state index contributed by atoms with van der Waals surface area (Å²) in [6.07, 6.45) is 1.28. The van der Waals surface area contributed by atoms with Gasteiger partial charge in [0.05, 0.1) is 0 Å². The molecule has 210 valence electrons. The number of unbranched alkanes of at least 4 members (excludes halogenated alkanes) is 3. The van der Waals surface area contributed by atoms with Crippen LogP contribution in [0.25, 0.3) is 0 Å². The van der Waals surface area contributed by atoms with Gasteiger partial charge in [-0.3, -0.25) is 19.2 Å². The average molecular weight is 517 g/mol. The number of ketones is 2. The zero-order chi connectivity index (χ0) is 28.5.